The molecule has 0 fully saturated rings. The van der Waals surface area contributed by atoms with Gasteiger partial charge in [0.1, 0.15) is 0 Å². The van der Waals surface area contributed by atoms with Crippen molar-refractivity contribution < 1.29 is 4.79 Å². The molecule has 0 spiro atoms. The maximum atomic E-state index is 11.9. The van der Waals surface area contributed by atoms with E-state index in [0.717, 1.165) is 4.90 Å². The zero-order chi connectivity index (χ0) is 12.8. The number of nitrogens with one attached hydrogen (secondary N) is 1. The number of carbonyl (C=O) groups excluding carboxylic acids is 1. The number of thioether (sulfide) groups is 1. The summed E-state index contributed by atoms with van der Waals surface area (Å²) in [6.45, 7) is 2.55. The Hall–Kier alpha value is -1.26. The molecule has 0 aliphatic rings. The lowest BCUT2D eigenvalue weighted by Crippen LogP contribution is -2.30. The van der Waals surface area contributed by atoms with Crippen LogP contribution in [0.1, 0.15) is 11.8 Å². The van der Waals surface area contributed by atoms with Crippen molar-refractivity contribution in [3.8, 4) is 0 Å². The Kier molecular flexibility index (Phi) is 4.84. The third-order valence-electron chi connectivity index (χ3n) is 2.44. The van der Waals surface area contributed by atoms with Gasteiger partial charge in [0.15, 0.2) is 0 Å². The molecule has 0 saturated carbocycles. The fraction of sp³-hybridized carbons (Fsp3) is 0.214. The number of carbonyl (C=O) groups is 1. The van der Waals surface area contributed by atoms with E-state index in [1.165, 1.54) is 4.88 Å². The van der Waals surface area contributed by atoms with E-state index in [9.17, 15) is 4.79 Å². The Morgan fingerprint density at radius 2 is 2.06 bits per heavy atom. The highest BCUT2D eigenvalue weighted by Gasteiger charge is 2.13. The second-order valence-corrected chi connectivity index (χ2v) is 6.32. The lowest BCUT2D eigenvalue weighted by atomic mass is 10.4. The Balaban J connectivity index is 1.82. The summed E-state index contributed by atoms with van der Waals surface area (Å²) in [6, 6.07) is 14.0. The van der Waals surface area contributed by atoms with Gasteiger partial charge in [0.2, 0.25) is 5.91 Å². The number of rotatable bonds is 5. The standard InChI is InChI=1S/C14H15NOS2/c1-11(18-12-6-3-2-4-7-12)14(16)15-10-13-8-5-9-17-13/h2-9,11H,10H2,1H3,(H,15,16). The molecule has 1 aromatic heterocycles. The minimum Gasteiger partial charge on any atom is -0.350 e. The Labute approximate surface area is 115 Å². The summed E-state index contributed by atoms with van der Waals surface area (Å²) in [5.41, 5.74) is 0. The minimum absolute atomic E-state index is 0.0765. The molecule has 4 heteroatoms. The maximum Gasteiger partial charge on any atom is 0.233 e. The van der Waals surface area contributed by atoms with Gasteiger partial charge in [0, 0.05) is 9.77 Å². The van der Waals surface area contributed by atoms with Crippen molar-refractivity contribution >= 4 is 29.0 Å². The Bertz CT molecular complexity index is 482. The van der Waals surface area contributed by atoms with Gasteiger partial charge < -0.3 is 5.32 Å². The van der Waals surface area contributed by atoms with Crippen molar-refractivity contribution in [2.75, 3.05) is 0 Å². The van der Waals surface area contributed by atoms with Crippen LogP contribution in [0.4, 0.5) is 0 Å². The summed E-state index contributed by atoms with van der Waals surface area (Å²) in [5, 5.41) is 4.90. The molecule has 0 radical (unpaired) electrons. The largest absolute Gasteiger partial charge is 0.350 e. The van der Waals surface area contributed by atoms with E-state index in [-0.39, 0.29) is 11.2 Å². The third-order valence-corrected chi connectivity index (χ3v) is 4.43. The first-order valence-corrected chi connectivity index (χ1v) is 7.53. The lowest BCUT2D eigenvalue weighted by molar-refractivity contribution is -0.120. The summed E-state index contributed by atoms with van der Waals surface area (Å²) in [4.78, 5) is 14.2. The first-order valence-electron chi connectivity index (χ1n) is 5.77. The quantitative estimate of drug-likeness (QED) is 0.847. The molecular weight excluding hydrogens is 262 g/mol. The van der Waals surface area contributed by atoms with Crippen LogP contribution in [0.25, 0.3) is 0 Å². The van der Waals surface area contributed by atoms with E-state index in [2.05, 4.69) is 5.32 Å². The third kappa shape index (κ3) is 3.89. The number of amides is 1. The van der Waals surface area contributed by atoms with Crippen molar-refractivity contribution in [3.63, 3.8) is 0 Å². The summed E-state index contributed by atoms with van der Waals surface area (Å²) in [6.07, 6.45) is 0. The predicted octanol–water partition coefficient (Wildman–Crippen LogP) is 3.55. The SMILES string of the molecule is CC(Sc1ccccc1)C(=O)NCc1cccs1. The lowest BCUT2D eigenvalue weighted by Gasteiger charge is -2.11. The molecule has 1 heterocycles. The van der Waals surface area contributed by atoms with E-state index >= 15 is 0 Å². The number of hydrogen-bond donors (Lipinski definition) is 1. The fourth-order valence-electron chi connectivity index (χ4n) is 1.49. The summed E-state index contributed by atoms with van der Waals surface area (Å²) in [7, 11) is 0. The van der Waals surface area contributed by atoms with Crippen LogP contribution in [-0.4, -0.2) is 11.2 Å². The monoisotopic (exact) mass is 277 g/mol. The van der Waals surface area contributed by atoms with Gasteiger partial charge in [-0.3, -0.25) is 4.79 Å². The zero-order valence-corrected chi connectivity index (χ0v) is 11.8. The topological polar surface area (TPSA) is 29.1 Å². The highest BCUT2D eigenvalue weighted by Crippen LogP contribution is 2.22. The average molecular weight is 277 g/mol. The maximum absolute atomic E-state index is 11.9. The molecule has 2 nitrogen and oxygen atoms in total. The van der Waals surface area contributed by atoms with Crippen LogP contribution >= 0.6 is 23.1 Å². The predicted molar refractivity (Wildman–Crippen MR) is 77.9 cm³/mol. The van der Waals surface area contributed by atoms with Gasteiger partial charge >= 0.3 is 0 Å². The molecular formula is C14H15NOS2. The second-order valence-electron chi connectivity index (χ2n) is 3.87. The van der Waals surface area contributed by atoms with Crippen molar-refractivity contribution in [2.24, 2.45) is 0 Å². The molecule has 0 bridgehead atoms. The van der Waals surface area contributed by atoms with Crippen molar-refractivity contribution in [3.05, 3.63) is 52.7 Å². The molecule has 1 unspecified atom stereocenters. The molecule has 1 N–H and O–H groups in total. The van der Waals surface area contributed by atoms with E-state index in [1.54, 1.807) is 23.1 Å². The van der Waals surface area contributed by atoms with Gasteiger partial charge in [-0.15, -0.1) is 23.1 Å². The van der Waals surface area contributed by atoms with E-state index in [4.69, 9.17) is 0 Å². The number of benzene rings is 1. The molecule has 0 aliphatic heterocycles. The van der Waals surface area contributed by atoms with Gasteiger partial charge in [0.25, 0.3) is 0 Å². The van der Waals surface area contributed by atoms with Crippen LogP contribution in [0.3, 0.4) is 0 Å². The molecule has 0 aliphatic carbocycles. The summed E-state index contributed by atoms with van der Waals surface area (Å²) >= 11 is 3.24. The zero-order valence-electron chi connectivity index (χ0n) is 10.1. The number of hydrogen-bond acceptors (Lipinski definition) is 3. The highest BCUT2D eigenvalue weighted by molar-refractivity contribution is 8.00. The van der Waals surface area contributed by atoms with E-state index in [0.29, 0.717) is 6.54 Å². The van der Waals surface area contributed by atoms with Gasteiger partial charge in [-0.1, -0.05) is 24.3 Å². The van der Waals surface area contributed by atoms with Crippen molar-refractivity contribution in [2.45, 2.75) is 23.6 Å². The van der Waals surface area contributed by atoms with Crippen molar-refractivity contribution in [1.29, 1.82) is 0 Å². The smallest absolute Gasteiger partial charge is 0.233 e. The van der Waals surface area contributed by atoms with Crippen LogP contribution in [0.15, 0.2) is 52.7 Å². The van der Waals surface area contributed by atoms with E-state index < -0.39 is 0 Å². The first kappa shape index (κ1) is 13.2. The average Bonchev–Trinajstić information content (AvgIpc) is 2.90. The fourth-order valence-corrected chi connectivity index (χ4v) is 3.05. The van der Waals surface area contributed by atoms with E-state index in [1.807, 2.05) is 54.8 Å². The Morgan fingerprint density at radius 1 is 1.28 bits per heavy atom. The van der Waals surface area contributed by atoms with Gasteiger partial charge in [0.05, 0.1) is 11.8 Å². The first-order chi connectivity index (χ1) is 8.75. The molecule has 1 amide bonds. The van der Waals surface area contributed by atoms with Crippen LogP contribution in [0, 0.1) is 0 Å². The highest BCUT2D eigenvalue weighted by atomic mass is 32.2. The van der Waals surface area contributed by atoms with Crippen LogP contribution in [-0.2, 0) is 11.3 Å². The number of thiophene rings is 1. The van der Waals surface area contributed by atoms with Crippen molar-refractivity contribution in [1.82, 2.24) is 5.32 Å². The van der Waals surface area contributed by atoms with Crippen LogP contribution in [0.2, 0.25) is 0 Å². The molecule has 1 atom stereocenters. The molecule has 2 rings (SSSR count). The van der Waals surface area contributed by atoms with Gasteiger partial charge in [-0.25, -0.2) is 0 Å². The summed E-state index contributed by atoms with van der Waals surface area (Å²) in [5.74, 6) is 0.0808. The van der Waals surface area contributed by atoms with Crippen LogP contribution < -0.4 is 5.32 Å². The van der Waals surface area contributed by atoms with Gasteiger partial charge in [-0.2, -0.15) is 0 Å². The minimum atomic E-state index is -0.0765. The Morgan fingerprint density at radius 3 is 2.72 bits per heavy atom. The van der Waals surface area contributed by atoms with Crippen LogP contribution in [0.5, 0.6) is 0 Å². The molecule has 18 heavy (non-hydrogen) atoms. The second kappa shape index (κ2) is 6.61. The van der Waals surface area contributed by atoms with Gasteiger partial charge in [-0.05, 0) is 30.5 Å². The molecule has 1 aromatic carbocycles. The summed E-state index contributed by atoms with van der Waals surface area (Å²) < 4.78 is 0. The molecule has 94 valence electrons. The molecule has 2 aromatic rings. The molecule has 0 saturated heterocycles. The normalized spacial score (nSPS) is 12.1.